The monoisotopic (exact) mass is 408 g/mol. The van der Waals surface area contributed by atoms with E-state index < -0.39 is 0 Å². The van der Waals surface area contributed by atoms with Crippen molar-refractivity contribution in [2.75, 3.05) is 0 Å². The first-order valence-corrected chi connectivity index (χ1v) is 11.6. The van der Waals surface area contributed by atoms with Crippen LogP contribution in [0.25, 0.3) is 0 Å². The molecule has 29 heavy (non-hydrogen) atoms. The molecule has 0 saturated heterocycles. The Bertz CT molecular complexity index is 904. The molecule has 0 aliphatic heterocycles. The van der Waals surface area contributed by atoms with Gasteiger partial charge in [-0.25, -0.2) is 0 Å². The minimum Gasteiger partial charge on any atom is -0.425 e. The predicted molar refractivity (Wildman–Crippen MR) is 115 cm³/mol. The molecule has 4 aliphatic rings. The van der Waals surface area contributed by atoms with Gasteiger partial charge in [-0.1, -0.05) is 44.2 Å². The van der Waals surface area contributed by atoms with Gasteiger partial charge >= 0.3 is 0 Å². The van der Waals surface area contributed by atoms with Gasteiger partial charge in [-0.3, -0.25) is 9.59 Å². The van der Waals surface area contributed by atoms with Crippen molar-refractivity contribution in [3.8, 4) is 5.75 Å². The highest BCUT2D eigenvalue weighted by Gasteiger charge is 2.61. The molecule has 4 unspecified atom stereocenters. The zero-order valence-electron chi connectivity index (χ0n) is 17.1. The van der Waals surface area contributed by atoms with E-state index in [1.54, 1.807) is 0 Å². The summed E-state index contributed by atoms with van der Waals surface area (Å²) in [6.45, 7) is 4.53. The number of fused-ring (bicyclic) bond motifs is 5. The number of Topliss-reactive ketones (excluding diaryl/α,β-unsaturated/α-hetero) is 1. The van der Waals surface area contributed by atoms with E-state index in [0.29, 0.717) is 30.0 Å². The molecule has 0 N–H and O–H groups in total. The Balaban J connectivity index is 1.40. The first-order valence-electron chi connectivity index (χ1n) is 10.8. The van der Waals surface area contributed by atoms with Gasteiger partial charge in [0.15, 0.2) is 11.6 Å². The number of rotatable bonds is 3. The molecule has 0 amide bonds. The summed E-state index contributed by atoms with van der Waals surface area (Å²) in [4.78, 5) is 25.3. The van der Waals surface area contributed by atoms with Gasteiger partial charge in [0.25, 0.3) is 0 Å². The van der Waals surface area contributed by atoms with Crippen LogP contribution in [0.4, 0.5) is 0 Å². The summed E-state index contributed by atoms with van der Waals surface area (Å²) in [7, 11) is 0. The topological polar surface area (TPSA) is 43.4 Å². The molecule has 0 bridgehead atoms. The molecule has 6 atom stereocenters. The molecule has 1 aromatic rings. The molecule has 2 saturated carbocycles. The average Bonchev–Trinajstić information content (AvgIpc) is 2.98. The lowest BCUT2D eigenvalue weighted by molar-refractivity contribution is -0.130. The number of benzene rings is 1. The third-order valence-electron chi connectivity index (χ3n) is 8.23. The lowest BCUT2D eigenvalue weighted by Crippen LogP contribution is -2.49. The maximum atomic E-state index is 13.4. The summed E-state index contributed by atoms with van der Waals surface area (Å²) in [5, 5.41) is -0.102. The lowest BCUT2D eigenvalue weighted by atomic mass is 9.49. The van der Waals surface area contributed by atoms with Crippen LogP contribution in [0, 0.1) is 28.6 Å². The van der Waals surface area contributed by atoms with E-state index in [1.165, 1.54) is 17.6 Å². The van der Waals surface area contributed by atoms with Crippen LogP contribution in [0.3, 0.4) is 0 Å². The van der Waals surface area contributed by atoms with Crippen molar-refractivity contribution < 1.29 is 13.8 Å². The number of hydrogen-bond acceptors (Lipinski definition) is 4. The molecule has 3 nitrogen and oxygen atoms in total. The summed E-state index contributed by atoms with van der Waals surface area (Å²) in [6, 6.07) is 9.73. The maximum absolute atomic E-state index is 13.4. The zero-order chi connectivity index (χ0) is 20.2. The Labute approximate surface area is 177 Å². The number of hydrogen-bond donors (Lipinski definition) is 0. The van der Waals surface area contributed by atoms with Crippen molar-refractivity contribution in [2.45, 2.75) is 51.2 Å². The van der Waals surface area contributed by atoms with Gasteiger partial charge in [0.1, 0.15) is 11.0 Å². The largest absolute Gasteiger partial charge is 0.425 e. The second-order valence-corrected chi connectivity index (χ2v) is 10.6. The van der Waals surface area contributed by atoms with Gasteiger partial charge in [0.2, 0.25) is 0 Å². The van der Waals surface area contributed by atoms with Crippen LogP contribution in [0.5, 0.6) is 5.75 Å². The zero-order valence-corrected chi connectivity index (χ0v) is 17.9. The van der Waals surface area contributed by atoms with Gasteiger partial charge in [-0.05, 0) is 72.6 Å². The third-order valence-corrected chi connectivity index (χ3v) is 9.16. The summed E-state index contributed by atoms with van der Waals surface area (Å²) in [5.41, 5.74) is 1.02. The molecule has 0 aromatic heterocycles. The Morgan fingerprint density at radius 2 is 1.83 bits per heavy atom. The van der Waals surface area contributed by atoms with E-state index in [-0.39, 0.29) is 21.9 Å². The number of ketones is 2. The molecule has 2 fully saturated rings. The SMILES string of the molecule is C[C@]12CCC(=O)C=C1C=CC1C2CC[C@]2(C)C(=O)C(SOc3ccccc3)CC12. The molecule has 1 aromatic carbocycles. The molecular weight excluding hydrogens is 380 g/mol. The quantitative estimate of drug-likeness (QED) is 0.613. The van der Waals surface area contributed by atoms with E-state index >= 15 is 0 Å². The van der Waals surface area contributed by atoms with Crippen molar-refractivity contribution >= 4 is 23.6 Å². The summed E-state index contributed by atoms with van der Waals surface area (Å²) >= 11 is 1.34. The fourth-order valence-corrected chi connectivity index (χ4v) is 7.42. The number of allylic oxidation sites excluding steroid dienone is 4. The first kappa shape index (κ1) is 19.2. The predicted octanol–water partition coefficient (Wildman–Crippen LogP) is 5.57. The average molecular weight is 409 g/mol. The Morgan fingerprint density at radius 1 is 1.03 bits per heavy atom. The lowest BCUT2D eigenvalue weighted by Gasteiger charge is -2.54. The molecular formula is C25H28O3S. The van der Waals surface area contributed by atoms with Crippen molar-refractivity contribution in [1.82, 2.24) is 0 Å². The smallest absolute Gasteiger partial charge is 0.156 e. The summed E-state index contributed by atoms with van der Waals surface area (Å²) in [5.74, 6) is 2.71. The Morgan fingerprint density at radius 3 is 2.62 bits per heavy atom. The molecule has 4 aliphatic carbocycles. The van der Waals surface area contributed by atoms with Crippen molar-refractivity contribution in [3.63, 3.8) is 0 Å². The number of para-hydroxylation sites is 1. The summed E-state index contributed by atoms with van der Waals surface area (Å²) < 4.78 is 5.90. The second-order valence-electron chi connectivity index (χ2n) is 9.67. The van der Waals surface area contributed by atoms with E-state index in [0.717, 1.165) is 31.4 Å². The highest BCUT2D eigenvalue weighted by atomic mass is 32.2. The van der Waals surface area contributed by atoms with Gasteiger partial charge < -0.3 is 4.18 Å². The van der Waals surface area contributed by atoms with E-state index in [2.05, 4.69) is 26.0 Å². The Hall–Kier alpha value is -1.81. The fourth-order valence-electron chi connectivity index (χ4n) is 6.44. The van der Waals surface area contributed by atoms with Gasteiger partial charge in [-0.2, -0.15) is 0 Å². The van der Waals surface area contributed by atoms with Crippen LogP contribution in [0.1, 0.15) is 46.0 Å². The third kappa shape index (κ3) is 2.94. The van der Waals surface area contributed by atoms with Gasteiger partial charge in [-0.15, -0.1) is 0 Å². The van der Waals surface area contributed by atoms with Crippen molar-refractivity contribution in [1.29, 1.82) is 0 Å². The van der Waals surface area contributed by atoms with Gasteiger partial charge in [0.05, 0.1) is 12.0 Å². The van der Waals surface area contributed by atoms with Crippen LogP contribution >= 0.6 is 12.0 Å². The minimum absolute atomic E-state index is 0.0729. The summed E-state index contributed by atoms with van der Waals surface area (Å²) in [6.07, 6.45) is 10.9. The second kappa shape index (κ2) is 6.87. The Kier molecular flexibility index (Phi) is 4.54. The molecule has 0 spiro atoms. The minimum atomic E-state index is -0.259. The number of carbonyl (C=O) groups excluding carboxylic acids is 2. The first-order chi connectivity index (χ1) is 13.9. The van der Waals surface area contributed by atoms with Crippen LogP contribution < -0.4 is 4.18 Å². The van der Waals surface area contributed by atoms with Crippen LogP contribution in [-0.4, -0.2) is 16.8 Å². The molecule has 152 valence electrons. The van der Waals surface area contributed by atoms with E-state index in [9.17, 15) is 9.59 Å². The molecule has 4 heteroatoms. The van der Waals surface area contributed by atoms with Crippen LogP contribution in [0.2, 0.25) is 0 Å². The highest BCUT2D eigenvalue weighted by Crippen LogP contribution is 2.63. The standard InChI is InChI=1S/C25H28O3S/c1-24-12-10-17(26)14-16(24)8-9-19-20(24)11-13-25(2)21(19)15-22(23(25)27)29-28-18-6-4-3-5-7-18/h3-9,14,19-22H,10-13,15H2,1-2H3/t19?,20?,21?,22?,24-,25-/m0/s1. The van der Waals surface area contributed by atoms with Crippen LogP contribution in [-0.2, 0) is 9.59 Å². The maximum Gasteiger partial charge on any atom is 0.156 e. The van der Waals surface area contributed by atoms with Gasteiger partial charge in [0, 0.05) is 11.8 Å². The van der Waals surface area contributed by atoms with Crippen molar-refractivity contribution in [2.24, 2.45) is 28.6 Å². The van der Waals surface area contributed by atoms with E-state index in [4.69, 9.17) is 4.18 Å². The molecule has 0 radical (unpaired) electrons. The van der Waals surface area contributed by atoms with Crippen molar-refractivity contribution in [3.05, 3.63) is 54.1 Å². The van der Waals surface area contributed by atoms with E-state index in [1.807, 2.05) is 36.4 Å². The fraction of sp³-hybridized carbons (Fsp3) is 0.520. The molecule has 0 heterocycles. The normalized spacial score (nSPS) is 40.7. The van der Waals surface area contributed by atoms with Crippen LogP contribution in [0.15, 0.2) is 54.1 Å². The highest BCUT2D eigenvalue weighted by molar-refractivity contribution is 7.96. The number of carbonyl (C=O) groups is 2. The molecule has 5 rings (SSSR count).